The number of aromatic nitrogens is 3. The second kappa shape index (κ2) is 9.90. The lowest BCUT2D eigenvalue weighted by Gasteiger charge is -2.13. The maximum absolute atomic E-state index is 12.3. The van der Waals surface area contributed by atoms with Crippen molar-refractivity contribution in [2.75, 3.05) is 23.3 Å². The van der Waals surface area contributed by atoms with Gasteiger partial charge in [-0.25, -0.2) is 4.79 Å². The number of rotatable bonds is 10. The maximum Gasteiger partial charge on any atom is 0.326 e. The van der Waals surface area contributed by atoms with Crippen molar-refractivity contribution in [3.8, 4) is 0 Å². The van der Waals surface area contributed by atoms with Crippen LogP contribution >= 0.6 is 0 Å². The number of amides is 1. The number of nitrogen functional groups attached to an aromatic ring is 2. The monoisotopic (exact) mass is 443 g/mol. The fraction of sp³-hybridized carbons (Fsp3) is 0.400. The molecule has 32 heavy (non-hydrogen) atoms. The first-order valence-electron chi connectivity index (χ1n) is 10.1. The third-order valence-electron chi connectivity index (χ3n) is 5.24. The number of carboxylic acids is 2. The van der Waals surface area contributed by atoms with Crippen LogP contribution in [0.3, 0.4) is 0 Å². The number of fused-ring (bicyclic) bond motifs is 1. The van der Waals surface area contributed by atoms with Crippen LogP contribution in [-0.2, 0) is 16.0 Å². The van der Waals surface area contributed by atoms with Crippen LogP contribution in [0.2, 0.25) is 0 Å². The molecule has 3 rings (SSSR count). The second-order valence-corrected chi connectivity index (χ2v) is 7.55. The van der Waals surface area contributed by atoms with E-state index in [0.717, 1.165) is 30.4 Å². The first-order chi connectivity index (χ1) is 15.2. The smallest absolute Gasteiger partial charge is 0.326 e. The molecule has 8 N–H and O–H groups in total. The van der Waals surface area contributed by atoms with Gasteiger partial charge < -0.3 is 32.3 Å². The molecule has 12 nitrogen and oxygen atoms in total. The normalized spacial score (nSPS) is 15.4. The molecular formula is C20H25N7O5. The van der Waals surface area contributed by atoms with E-state index in [0.29, 0.717) is 18.2 Å². The SMILES string of the molecule is Nc1nc(N)c2c(n1)NCC2CCCc1ccc(C(=O)N[C@@H](CCC(=O)O)C(=O)O)nc1. The Morgan fingerprint density at radius 1 is 1.22 bits per heavy atom. The van der Waals surface area contributed by atoms with Crippen LogP contribution in [0.15, 0.2) is 18.3 Å². The molecule has 1 aliphatic heterocycles. The Hall–Kier alpha value is -3.96. The Bertz CT molecular complexity index is 1010. The van der Waals surface area contributed by atoms with Crippen LogP contribution < -0.4 is 22.1 Å². The van der Waals surface area contributed by atoms with E-state index in [9.17, 15) is 14.4 Å². The van der Waals surface area contributed by atoms with Crippen molar-refractivity contribution < 1.29 is 24.6 Å². The van der Waals surface area contributed by atoms with E-state index >= 15 is 0 Å². The zero-order valence-corrected chi connectivity index (χ0v) is 17.2. The summed E-state index contributed by atoms with van der Waals surface area (Å²) in [6.45, 7) is 0.710. The fourth-order valence-electron chi connectivity index (χ4n) is 3.63. The number of anilines is 3. The van der Waals surface area contributed by atoms with E-state index in [2.05, 4.69) is 25.6 Å². The van der Waals surface area contributed by atoms with Crippen LogP contribution in [0.25, 0.3) is 0 Å². The Morgan fingerprint density at radius 3 is 2.66 bits per heavy atom. The first kappa shape index (κ1) is 22.7. The summed E-state index contributed by atoms with van der Waals surface area (Å²) >= 11 is 0. The number of aliphatic carboxylic acids is 2. The lowest BCUT2D eigenvalue weighted by Crippen LogP contribution is -2.41. The number of carbonyl (C=O) groups is 3. The molecule has 2 aromatic rings. The summed E-state index contributed by atoms with van der Waals surface area (Å²) in [4.78, 5) is 46.4. The minimum atomic E-state index is -1.30. The Labute approximate surface area is 183 Å². The highest BCUT2D eigenvalue weighted by atomic mass is 16.4. The van der Waals surface area contributed by atoms with Gasteiger partial charge in [0.2, 0.25) is 5.95 Å². The predicted octanol–water partition coefficient (Wildman–Crippen LogP) is 0.616. The Balaban J connectivity index is 1.52. The zero-order valence-electron chi connectivity index (χ0n) is 17.2. The van der Waals surface area contributed by atoms with E-state index in [1.54, 1.807) is 12.3 Å². The number of nitrogens with one attached hydrogen (secondary N) is 2. The van der Waals surface area contributed by atoms with Crippen molar-refractivity contribution in [2.45, 2.75) is 44.1 Å². The zero-order chi connectivity index (χ0) is 23.3. The highest BCUT2D eigenvalue weighted by Crippen LogP contribution is 2.36. The van der Waals surface area contributed by atoms with Crippen LogP contribution in [0.5, 0.6) is 0 Å². The van der Waals surface area contributed by atoms with E-state index in [-0.39, 0.29) is 30.4 Å². The summed E-state index contributed by atoms with van der Waals surface area (Å²) in [7, 11) is 0. The minimum Gasteiger partial charge on any atom is -0.481 e. The molecule has 12 heteroatoms. The molecule has 0 saturated carbocycles. The summed E-state index contributed by atoms with van der Waals surface area (Å²) < 4.78 is 0. The van der Waals surface area contributed by atoms with Crippen molar-refractivity contribution >= 4 is 35.4 Å². The number of nitrogens with zero attached hydrogens (tertiary/aromatic N) is 3. The number of hydrogen-bond donors (Lipinski definition) is 6. The number of hydrogen-bond acceptors (Lipinski definition) is 9. The molecule has 3 heterocycles. The van der Waals surface area contributed by atoms with Gasteiger partial charge in [-0.2, -0.15) is 9.97 Å². The van der Waals surface area contributed by atoms with Gasteiger partial charge in [-0.1, -0.05) is 6.07 Å². The average molecular weight is 443 g/mol. The lowest BCUT2D eigenvalue weighted by molar-refractivity contribution is -0.140. The number of nitrogens with two attached hydrogens (primary N) is 2. The molecule has 1 aliphatic rings. The van der Waals surface area contributed by atoms with Gasteiger partial charge >= 0.3 is 11.9 Å². The molecule has 2 atom stereocenters. The average Bonchev–Trinajstić information content (AvgIpc) is 3.14. The van der Waals surface area contributed by atoms with Gasteiger partial charge in [0.1, 0.15) is 23.4 Å². The number of carbonyl (C=O) groups excluding carboxylic acids is 1. The standard InChI is InChI=1S/C20H25N7O5/c21-16-15-11(9-24-17(15)27-20(22)26-16)3-1-2-10-4-5-12(23-8-10)18(30)25-13(19(31)32)6-7-14(28)29/h4-5,8,11,13H,1-3,6-7,9H2,(H,25,30)(H,28,29)(H,31,32)(H5,21,22,24,26,27)/t11?,13-/m0/s1. The molecule has 0 fully saturated rings. The Morgan fingerprint density at radius 2 is 2.00 bits per heavy atom. The molecule has 2 aromatic heterocycles. The number of pyridine rings is 1. The largest absolute Gasteiger partial charge is 0.481 e. The maximum atomic E-state index is 12.3. The predicted molar refractivity (Wildman–Crippen MR) is 115 cm³/mol. The highest BCUT2D eigenvalue weighted by molar-refractivity contribution is 5.95. The van der Waals surface area contributed by atoms with Crippen molar-refractivity contribution in [3.05, 3.63) is 35.2 Å². The molecule has 0 aliphatic carbocycles. The van der Waals surface area contributed by atoms with Crippen LogP contribution in [0.4, 0.5) is 17.6 Å². The number of carboxylic acid groups (broad SMARTS) is 2. The summed E-state index contributed by atoms with van der Waals surface area (Å²) in [5.74, 6) is -1.71. The summed E-state index contributed by atoms with van der Waals surface area (Å²) in [5, 5.41) is 23.3. The minimum absolute atomic E-state index is 0.0618. The highest BCUT2D eigenvalue weighted by Gasteiger charge is 2.27. The van der Waals surface area contributed by atoms with Crippen molar-refractivity contribution in [1.82, 2.24) is 20.3 Å². The molecule has 0 spiro atoms. The molecule has 1 amide bonds. The summed E-state index contributed by atoms with van der Waals surface area (Å²) in [6, 6.07) is 1.98. The van der Waals surface area contributed by atoms with Gasteiger partial charge in [0, 0.05) is 30.6 Å². The molecule has 0 bridgehead atoms. The van der Waals surface area contributed by atoms with Crippen molar-refractivity contribution in [1.29, 1.82) is 0 Å². The topological polar surface area (TPSA) is 206 Å². The molecular weight excluding hydrogens is 418 g/mol. The molecule has 1 unspecified atom stereocenters. The van der Waals surface area contributed by atoms with Crippen LogP contribution in [0, 0.1) is 0 Å². The van der Waals surface area contributed by atoms with Gasteiger partial charge in [-0.3, -0.25) is 14.6 Å². The van der Waals surface area contributed by atoms with Gasteiger partial charge in [0.05, 0.1) is 0 Å². The van der Waals surface area contributed by atoms with E-state index < -0.39 is 23.9 Å². The second-order valence-electron chi connectivity index (χ2n) is 7.55. The van der Waals surface area contributed by atoms with Gasteiger partial charge in [-0.05, 0) is 37.3 Å². The fourth-order valence-corrected chi connectivity index (χ4v) is 3.63. The molecule has 0 aromatic carbocycles. The third-order valence-corrected chi connectivity index (χ3v) is 5.24. The number of aryl methyl sites for hydroxylation is 1. The van der Waals surface area contributed by atoms with Crippen LogP contribution in [0.1, 0.15) is 53.2 Å². The summed E-state index contributed by atoms with van der Waals surface area (Å²) in [6.07, 6.45) is 3.42. The van der Waals surface area contributed by atoms with Gasteiger partial charge in [0.25, 0.3) is 5.91 Å². The van der Waals surface area contributed by atoms with Gasteiger partial charge in [-0.15, -0.1) is 0 Å². The lowest BCUT2D eigenvalue weighted by atomic mass is 9.95. The quantitative estimate of drug-likeness (QED) is 0.300. The Kier molecular flexibility index (Phi) is 7.03. The van der Waals surface area contributed by atoms with E-state index in [1.165, 1.54) is 6.07 Å². The summed E-state index contributed by atoms with van der Waals surface area (Å²) in [5.41, 5.74) is 13.5. The molecule has 170 valence electrons. The van der Waals surface area contributed by atoms with E-state index in [4.69, 9.17) is 21.7 Å². The third kappa shape index (κ3) is 5.59. The first-order valence-corrected chi connectivity index (χ1v) is 10.1. The molecule has 0 radical (unpaired) electrons. The van der Waals surface area contributed by atoms with Crippen molar-refractivity contribution in [3.63, 3.8) is 0 Å². The van der Waals surface area contributed by atoms with Gasteiger partial charge in [0.15, 0.2) is 0 Å². The molecule has 0 saturated heterocycles. The van der Waals surface area contributed by atoms with Crippen LogP contribution in [-0.4, -0.2) is 55.6 Å². The van der Waals surface area contributed by atoms with Crippen molar-refractivity contribution in [2.24, 2.45) is 0 Å². The van der Waals surface area contributed by atoms with E-state index in [1.807, 2.05) is 0 Å².